The highest BCUT2D eigenvalue weighted by molar-refractivity contribution is 5.96. The van der Waals surface area contributed by atoms with Crippen LogP contribution in [0.15, 0.2) is 109 Å². The van der Waals surface area contributed by atoms with Crippen molar-refractivity contribution < 1.29 is 14.4 Å². The number of hydrogen-bond acceptors (Lipinski definition) is 3. The number of hydrogen-bond donors (Lipinski definition) is 4. The van der Waals surface area contributed by atoms with E-state index in [1.54, 1.807) is 0 Å². The van der Waals surface area contributed by atoms with E-state index in [4.69, 9.17) is 0 Å². The van der Waals surface area contributed by atoms with Gasteiger partial charge >= 0.3 is 6.03 Å². The standard InChI is InChI=1S/C35H38N4O3/c40-33(36-23-19-27-11-3-1-4-12-27)31-17-9-7-15-29(31)21-25-38-35(42)39-26-22-30-16-8-10-18-32(30)34(41)37-24-20-28-13-5-2-6-14-28/h1-18H,19-26H2,(H,36,40)(H,37,41)(H2,38,39,42). The van der Waals surface area contributed by atoms with Gasteiger partial charge in [0.05, 0.1) is 0 Å². The van der Waals surface area contributed by atoms with Gasteiger partial charge in [-0.2, -0.15) is 0 Å². The Bertz CT molecular complexity index is 1330. The van der Waals surface area contributed by atoms with Gasteiger partial charge in [-0.1, -0.05) is 97.1 Å². The zero-order valence-corrected chi connectivity index (χ0v) is 23.8. The Kier molecular flexibility index (Phi) is 11.7. The Hall–Kier alpha value is -4.91. The molecule has 0 radical (unpaired) electrons. The van der Waals surface area contributed by atoms with Crippen molar-refractivity contribution in [3.8, 4) is 0 Å². The van der Waals surface area contributed by atoms with Gasteiger partial charge in [0.15, 0.2) is 0 Å². The lowest BCUT2D eigenvalue weighted by Crippen LogP contribution is -2.38. The van der Waals surface area contributed by atoms with Crippen molar-refractivity contribution in [1.29, 1.82) is 0 Å². The molecule has 0 aliphatic heterocycles. The Morgan fingerprint density at radius 1 is 0.405 bits per heavy atom. The Morgan fingerprint density at radius 3 is 1.19 bits per heavy atom. The fraction of sp³-hybridized carbons (Fsp3) is 0.229. The molecule has 0 aromatic heterocycles. The summed E-state index contributed by atoms with van der Waals surface area (Å²) in [6.07, 6.45) is 2.59. The van der Waals surface area contributed by atoms with Gasteiger partial charge in [0.1, 0.15) is 0 Å². The monoisotopic (exact) mass is 562 g/mol. The molecule has 0 fully saturated rings. The van der Waals surface area contributed by atoms with Crippen LogP contribution in [0.3, 0.4) is 0 Å². The van der Waals surface area contributed by atoms with Crippen LogP contribution in [0, 0.1) is 0 Å². The van der Waals surface area contributed by atoms with Crippen molar-refractivity contribution in [1.82, 2.24) is 21.3 Å². The van der Waals surface area contributed by atoms with Crippen LogP contribution >= 0.6 is 0 Å². The molecule has 0 saturated heterocycles. The van der Waals surface area contributed by atoms with Gasteiger partial charge in [-0.05, 0) is 60.1 Å². The lowest BCUT2D eigenvalue weighted by atomic mass is 10.0. The molecule has 4 aromatic rings. The number of urea groups is 1. The van der Waals surface area contributed by atoms with Gasteiger partial charge < -0.3 is 21.3 Å². The molecule has 0 unspecified atom stereocenters. The molecule has 0 spiro atoms. The number of rotatable bonds is 14. The van der Waals surface area contributed by atoms with Crippen molar-refractivity contribution in [3.63, 3.8) is 0 Å². The molecule has 0 atom stereocenters. The molecular weight excluding hydrogens is 524 g/mol. The zero-order chi connectivity index (χ0) is 29.4. The van der Waals surface area contributed by atoms with Crippen molar-refractivity contribution >= 4 is 17.8 Å². The summed E-state index contributed by atoms with van der Waals surface area (Å²) < 4.78 is 0. The van der Waals surface area contributed by atoms with E-state index in [-0.39, 0.29) is 17.8 Å². The zero-order valence-electron chi connectivity index (χ0n) is 23.8. The number of benzene rings is 4. The highest BCUT2D eigenvalue weighted by Gasteiger charge is 2.12. The number of carbonyl (C=O) groups is 3. The predicted octanol–water partition coefficient (Wildman–Crippen LogP) is 4.72. The molecule has 42 heavy (non-hydrogen) atoms. The van der Waals surface area contributed by atoms with E-state index in [0.717, 1.165) is 24.0 Å². The van der Waals surface area contributed by atoms with Gasteiger partial charge in [-0.3, -0.25) is 9.59 Å². The molecule has 0 aliphatic carbocycles. The topological polar surface area (TPSA) is 99.3 Å². The first-order valence-corrected chi connectivity index (χ1v) is 14.4. The second kappa shape index (κ2) is 16.4. The first kappa shape index (κ1) is 30.1. The van der Waals surface area contributed by atoms with Crippen LogP contribution in [0.25, 0.3) is 0 Å². The summed E-state index contributed by atoms with van der Waals surface area (Å²) in [4.78, 5) is 38.0. The van der Waals surface area contributed by atoms with Crippen LogP contribution in [-0.2, 0) is 25.7 Å². The lowest BCUT2D eigenvalue weighted by molar-refractivity contribution is 0.0945. The Balaban J connectivity index is 1.17. The largest absolute Gasteiger partial charge is 0.352 e. The van der Waals surface area contributed by atoms with Gasteiger partial charge in [-0.25, -0.2) is 4.79 Å². The fourth-order valence-electron chi connectivity index (χ4n) is 4.72. The number of nitrogens with one attached hydrogen (secondary N) is 4. The molecule has 4 N–H and O–H groups in total. The van der Waals surface area contributed by atoms with Gasteiger partial charge in [-0.15, -0.1) is 0 Å². The Labute approximate surface area is 247 Å². The molecule has 0 saturated carbocycles. The third-order valence-electron chi connectivity index (χ3n) is 6.97. The van der Waals surface area contributed by atoms with Gasteiger partial charge in [0.25, 0.3) is 11.8 Å². The minimum absolute atomic E-state index is 0.117. The maximum Gasteiger partial charge on any atom is 0.314 e. The molecule has 4 amide bonds. The van der Waals surface area contributed by atoms with Crippen molar-refractivity contribution in [2.24, 2.45) is 0 Å². The summed E-state index contributed by atoms with van der Waals surface area (Å²) in [6.45, 7) is 1.88. The fourth-order valence-corrected chi connectivity index (χ4v) is 4.72. The molecule has 7 nitrogen and oxygen atoms in total. The molecule has 4 aromatic carbocycles. The van der Waals surface area contributed by atoms with Crippen LogP contribution < -0.4 is 21.3 Å². The first-order valence-electron chi connectivity index (χ1n) is 14.4. The summed E-state index contributed by atoms with van der Waals surface area (Å²) in [5.74, 6) is -0.234. The van der Waals surface area contributed by atoms with Crippen LogP contribution in [-0.4, -0.2) is 44.0 Å². The highest BCUT2D eigenvalue weighted by atomic mass is 16.2. The van der Waals surface area contributed by atoms with Crippen molar-refractivity contribution in [2.45, 2.75) is 25.7 Å². The maximum absolute atomic E-state index is 12.8. The van der Waals surface area contributed by atoms with Crippen molar-refractivity contribution in [2.75, 3.05) is 26.2 Å². The normalized spacial score (nSPS) is 10.5. The predicted molar refractivity (Wildman–Crippen MR) is 167 cm³/mol. The summed E-state index contributed by atoms with van der Waals surface area (Å²) in [5.41, 5.74) is 5.33. The van der Waals surface area contributed by atoms with Crippen LogP contribution in [0.2, 0.25) is 0 Å². The molecular formula is C35H38N4O3. The molecule has 0 aliphatic rings. The second-order valence-corrected chi connectivity index (χ2v) is 9.98. The first-order chi connectivity index (χ1) is 20.6. The minimum atomic E-state index is -0.287. The van der Waals surface area contributed by atoms with Gasteiger partial charge in [0, 0.05) is 37.3 Å². The summed E-state index contributed by atoms with van der Waals surface area (Å²) in [5, 5.41) is 11.7. The quantitative estimate of drug-likeness (QED) is 0.179. The van der Waals surface area contributed by atoms with E-state index in [1.165, 1.54) is 11.1 Å². The molecule has 216 valence electrons. The SMILES string of the molecule is O=C(NCCc1ccccc1C(=O)NCCc1ccccc1)NCCc1ccccc1C(=O)NCCc1ccccc1. The van der Waals surface area contributed by atoms with Crippen LogP contribution in [0.1, 0.15) is 43.0 Å². The lowest BCUT2D eigenvalue weighted by Gasteiger charge is -2.13. The summed E-state index contributed by atoms with van der Waals surface area (Å²) in [7, 11) is 0. The highest BCUT2D eigenvalue weighted by Crippen LogP contribution is 2.11. The third-order valence-corrected chi connectivity index (χ3v) is 6.97. The molecule has 7 heteroatoms. The van der Waals surface area contributed by atoms with E-state index >= 15 is 0 Å². The van der Waals surface area contributed by atoms with Gasteiger partial charge in [0.2, 0.25) is 0 Å². The average molecular weight is 563 g/mol. The van der Waals surface area contributed by atoms with Crippen molar-refractivity contribution in [3.05, 3.63) is 143 Å². The smallest absolute Gasteiger partial charge is 0.314 e. The molecule has 0 heterocycles. The molecule has 4 rings (SSSR count). The Morgan fingerprint density at radius 2 is 0.762 bits per heavy atom. The van der Waals surface area contributed by atoms with Crippen LogP contribution in [0.4, 0.5) is 4.79 Å². The minimum Gasteiger partial charge on any atom is -0.352 e. The van der Waals surface area contributed by atoms with E-state index in [1.807, 2.05) is 109 Å². The van der Waals surface area contributed by atoms with E-state index in [0.29, 0.717) is 50.1 Å². The second-order valence-electron chi connectivity index (χ2n) is 9.98. The number of amides is 4. The average Bonchev–Trinajstić information content (AvgIpc) is 3.02. The maximum atomic E-state index is 12.8. The van der Waals surface area contributed by atoms with E-state index in [9.17, 15) is 14.4 Å². The van der Waals surface area contributed by atoms with E-state index in [2.05, 4.69) is 21.3 Å². The summed E-state index contributed by atoms with van der Waals surface area (Å²) >= 11 is 0. The van der Waals surface area contributed by atoms with E-state index < -0.39 is 0 Å². The van der Waals surface area contributed by atoms with Crippen LogP contribution in [0.5, 0.6) is 0 Å². The number of carbonyl (C=O) groups excluding carboxylic acids is 3. The molecule has 0 bridgehead atoms. The third kappa shape index (κ3) is 9.63. The summed E-state index contributed by atoms with van der Waals surface area (Å²) in [6, 6.07) is 34.7.